The van der Waals surface area contributed by atoms with Gasteiger partial charge in [-0.2, -0.15) is 0 Å². The van der Waals surface area contributed by atoms with Crippen LogP contribution < -0.4 is 10.5 Å². The Morgan fingerprint density at radius 2 is 2.07 bits per heavy atom. The number of carbonyl (C=O) groups is 2. The first kappa shape index (κ1) is 13.0. The molecule has 0 bridgehead atoms. The molecule has 0 aliphatic rings. The summed E-state index contributed by atoms with van der Waals surface area (Å²) in [4.78, 5) is 21.3. The Morgan fingerprint density at radius 3 is 2.50 bits per heavy atom. The van der Waals surface area contributed by atoms with E-state index in [0.29, 0.717) is 19.4 Å². The van der Waals surface area contributed by atoms with Gasteiger partial charge >= 0.3 is 5.97 Å². The van der Waals surface area contributed by atoms with Crippen LogP contribution in [-0.4, -0.2) is 37.6 Å². The first-order chi connectivity index (χ1) is 6.57. The van der Waals surface area contributed by atoms with Gasteiger partial charge in [-0.15, -0.1) is 0 Å². The van der Waals surface area contributed by atoms with E-state index in [2.05, 4.69) is 10.5 Å². The van der Waals surface area contributed by atoms with Gasteiger partial charge in [0.25, 0.3) is 0 Å². The largest absolute Gasteiger partial charge is 0.480 e. The number of aliphatic carboxylic acids is 1. The normalized spacial score (nSPS) is 12.1. The van der Waals surface area contributed by atoms with Gasteiger partial charge in [-0.05, 0) is 25.8 Å². The summed E-state index contributed by atoms with van der Waals surface area (Å²) in [6, 6.07) is -0.787. The molecular weight excluding hydrogens is 183 g/mol. The van der Waals surface area contributed by atoms with Gasteiger partial charge in [0, 0.05) is 6.92 Å². The highest BCUT2D eigenvalue weighted by Gasteiger charge is 2.16. The van der Waals surface area contributed by atoms with E-state index in [-0.39, 0.29) is 5.91 Å². The third kappa shape index (κ3) is 6.48. The zero-order valence-electron chi connectivity index (χ0n) is 8.25. The number of carbonyl (C=O) groups excluding carboxylic acids is 1. The molecule has 0 aliphatic carbocycles. The SMILES string of the molecule is [B]NCCCC[C@H](NC(C)=O)C(=O)O. The number of carboxylic acids is 1. The molecule has 0 heterocycles. The number of carboxylic acid groups (broad SMARTS) is 1. The van der Waals surface area contributed by atoms with Crippen molar-refractivity contribution < 1.29 is 14.7 Å². The molecule has 0 unspecified atom stereocenters. The third-order valence-corrected chi connectivity index (χ3v) is 1.74. The molecule has 2 radical (unpaired) electrons. The summed E-state index contributed by atoms with van der Waals surface area (Å²) in [5.41, 5.74) is 0. The van der Waals surface area contributed by atoms with Crippen molar-refractivity contribution in [2.24, 2.45) is 0 Å². The maximum atomic E-state index is 10.6. The van der Waals surface area contributed by atoms with Crippen molar-refractivity contribution in [2.45, 2.75) is 32.2 Å². The highest BCUT2D eigenvalue weighted by atomic mass is 16.4. The second-order valence-corrected chi connectivity index (χ2v) is 3.04. The zero-order chi connectivity index (χ0) is 11.0. The van der Waals surface area contributed by atoms with E-state index < -0.39 is 12.0 Å². The topological polar surface area (TPSA) is 78.4 Å². The molecule has 0 aromatic carbocycles. The Kier molecular flexibility index (Phi) is 6.83. The summed E-state index contributed by atoms with van der Waals surface area (Å²) < 4.78 is 0. The zero-order valence-corrected chi connectivity index (χ0v) is 8.25. The Hall–Kier alpha value is -1.04. The standard InChI is InChI=1S/C8H15BN2O3/c1-6(12)11-7(8(13)14)4-2-3-5-10-9/h7,10H,2-5H2,1H3,(H,11,12)(H,13,14)/t7-/m0/s1. The molecule has 0 aromatic heterocycles. The lowest BCUT2D eigenvalue weighted by molar-refractivity contribution is -0.141. The lowest BCUT2D eigenvalue weighted by atomic mass is 10.1. The maximum Gasteiger partial charge on any atom is 0.326 e. The molecule has 0 rings (SSSR count). The molecule has 1 atom stereocenters. The molecule has 5 nitrogen and oxygen atoms in total. The molecule has 0 aliphatic heterocycles. The van der Waals surface area contributed by atoms with E-state index in [1.165, 1.54) is 6.92 Å². The van der Waals surface area contributed by atoms with Crippen LogP contribution in [0, 0.1) is 0 Å². The highest BCUT2D eigenvalue weighted by Crippen LogP contribution is 2.00. The van der Waals surface area contributed by atoms with E-state index in [9.17, 15) is 9.59 Å². The van der Waals surface area contributed by atoms with Gasteiger partial charge < -0.3 is 15.7 Å². The predicted octanol–water partition coefficient (Wildman–Crippen LogP) is -0.581. The summed E-state index contributed by atoms with van der Waals surface area (Å²) in [7, 11) is 5.05. The molecule has 0 fully saturated rings. The summed E-state index contributed by atoms with van der Waals surface area (Å²) in [5, 5.41) is 13.6. The number of hydrogen-bond donors (Lipinski definition) is 3. The molecule has 78 valence electrons. The summed E-state index contributed by atoms with van der Waals surface area (Å²) in [5.74, 6) is -1.32. The third-order valence-electron chi connectivity index (χ3n) is 1.74. The van der Waals surface area contributed by atoms with Gasteiger partial charge in [-0.25, -0.2) is 4.79 Å². The van der Waals surface area contributed by atoms with Gasteiger partial charge in [-0.3, -0.25) is 4.79 Å². The fourth-order valence-corrected chi connectivity index (χ4v) is 1.08. The summed E-state index contributed by atoms with van der Waals surface area (Å²) in [6.45, 7) is 1.95. The molecule has 0 aromatic rings. The van der Waals surface area contributed by atoms with Gasteiger partial charge in [0.1, 0.15) is 6.04 Å². The van der Waals surface area contributed by atoms with E-state index >= 15 is 0 Å². The number of unbranched alkanes of at least 4 members (excludes halogenated alkanes) is 1. The van der Waals surface area contributed by atoms with Crippen LogP contribution in [0.25, 0.3) is 0 Å². The molecule has 14 heavy (non-hydrogen) atoms. The van der Waals surface area contributed by atoms with Crippen LogP contribution in [0.5, 0.6) is 0 Å². The van der Waals surface area contributed by atoms with Crippen molar-refractivity contribution in [1.29, 1.82) is 0 Å². The van der Waals surface area contributed by atoms with Crippen molar-refractivity contribution in [2.75, 3.05) is 6.54 Å². The number of nitrogens with one attached hydrogen (secondary N) is 2. The Balaban J connectivity index is 3.74. The Bertz CT molecular complexity index is 199. The minimum Gasteiger partial charge on any atom is -0.480 e. The minimum absolute atomic E-state index is 0.325. The fraction of sp³-hybridized carbons (Fsp3) is 0.750. The fourth-order valence-electron chi connectivity index (χ4n) is 1.08. The van der Waals surface area contributed by atoms with Crippen molar-refractivity contribution in [1.82, 2.24) is 10.5 Å². The minimum atomic E-state index is -0.999. The van der Waals surface area contributed by atoms with Gasteiger partial charge in [-0.1, -0.05) is 0 Å². The second kappa shape index (κ2) is 7.38. The van der Waals surface area contributed by atoms with Crippen LogP contribution in [-0.2, 0) is 9.59 Å². The van der Waals surface area contributed by atoms with Gasteiger partial charge in [0.15, 0.2) is 7.98 Å². The monoisotopic (exact) mass is 198 g/mol. The molecule has 1 amide bonds. The highest BCUT2D eigenvalue weighted by molar-refractivity contribution is 6.04. The lowest BCUT2D eigenvalue weighted by Gasteiger charge is -2.12. The first-order valence-electron chi connectivity index (χ1n) is 4.51. The summed E-state index contributed by atoms with van der Waals surface area (Å²) >= 11 is 0. The molecule has 0 spiro atoms. The second-order valence-electron chi connectivity index (χ2n) is 3.04. The van der Waals surface area contributed by atoms with Crippen LogP contribution in [0.1, 0.15) is 26.2 Å². The van der Waals surface area contributed by atoms with Crippen LogP contribution in [0.15, 0.2) is 0 Å². The average molecular weight is 198 g/mol. The van der Waals surface area contributed by atoms with E-state index in [4.69, 9.17) is 13.1 Å². The number of amides is 1. The Labute approximate surface area is 84.7 Å². The Morgan fingerprint density at radius 1 is 1.43 bits per heavy atom. The predicted molar refractivity (Wildman–Crippen MR) is 52.8 cm³/mol. The summed E-state index contributed by atoms with van der Waals surface area (Å²) in [6.07, 6.45) is 1.93. The van der Waals surface area contributed by atoms with Gasteiger partial charge in [0.2, 0.25) is 5.91 Å². The van der Waals surface area contributed by atoms with Crippen LogP contribution in [0.4, 0.5) is 0 Å². The molecule has 0 saturated heterocycles. The van der Waals surface area contributed by atoms with Crippen LogP contribution >= 0.6 is 0 Å². The van der Waals surface area contributed by atoms with Crippen molar-refractivity contribution in [3.8, 4) is 0 Å². The average Bonchev–Trinajstić information content (AvgIpc) is 2.09. The van der Waals surface area contributed by atoms with Crippen molar-refractivity contribution >= 4 is 19.9 Å². The lowest BCUT2D eigenvalue weighted by Crippen LogP contribution is -2.39. The van der Waals surface area contributed by atoms with Crippen molar-refractivity contribution in [3.63, 3.8) is 0 Å². The van der Waals surface area contributed by atoms with Crippen LogP contribution in [0.2, 0.25) is 0 Å². The molecular formula is C8H15BN2O3. The number of rotatable bonds is 7. The quantitative estimate of drug-likeness (QED) is 0.377. The first-order valence-corrected chi connectivity index (χ1v) is 4.51. The van der Waals surface area contributed by atoms with Gasteiger partial charge in [0.05, 0.1) is 0 Å². The number of hydrogen-bond acceptors (Lipinski definition) is 3. The molecule has 6 heteroatoms. The smallest absolute Gasteiger partial charge is 0.326 e. The molecule has 0 saturated carbocycles. The van der Waals surface area contributed by atoms with E-state index in [0.717, 1.165) is 6.42 Å². The van der Waals surface area contributed by atoms with Crippen molar-refractivity contribution in [3.05, 3.63) is 0 Å². The maximum absolute atomic E-state index is 10.6. The van der Waals surface area contributed by atoms with E-state index in [1.54, 1.807) is 0 Å². The van der Waals surface area contributed by atoms with E-state index in [1.807, 2.05) is 0 Å². The van der Waals surface area contributed by atoms with Crippen LogP contribution in [0.3, 0.4) is 0 Å². The molecule has 3 N–H and O–H groups in total.